The number of anilines is 1. The van der Waals surface area contributed by atoms with Gasteiger partial charge in [0.15, 0.2) is 11.5 Å². The highest BCUT2D eigenvalue weighted by molar-refractivity contribution is 7.89. The number of hydrogen-bond donors (Lipinski definition) is 2. The molecule has 7 nitrogen and oxygen atoms in total. The SMILES string of the molecule is COc1cc(N2CC(S(N)(=O)=O)CC2=O)ccc1O. The van der Waals surface area contributed by atoms with Crippen LogP contribution in [0, 0.1) is 0 Å². The number of carbonyl (C=O) groups excluding carboxylic acids is 1. The molecule has 1 unspecified atom stereocenters. The van der Waals surface area contributed by atoms with E-state index >= 15 is 0 Å². The smallest absolute Gasteiger partial charge is 0.228 e. The van der Waals surface area contributed by atoms with Gasteiger partial charge in [0.05, 0.1) is 7.11 Å². The number of nitrogens with two attached hydrogens (primary N) is 1. The third-order valence-corrected chi connectivity index (χ3v) is 4.27. The van der Waals surface area contributed by atoms with E-state index < -0.39 is 15.3 Å². The maximum Gasteiger partial charge on any atom is 0.228 e. The molecule has 8 heteroatoms. The van der Waals surface area contributed by atoms with Gasteiger partial charge in [0, 0.05) is 24.7 Å². The third-order valence-electron chi connectivity index (χ3n) is 3.03. The van der Waals surface area contributed by atoms with Gasteiger partial charge in [-0.1, -0.05) is 0 Å². The molecule has 2 rings (SSSR count). The van der Waals surface area contributed by atoms with Crippen LogP contribution in [0.3, 0.4) is 0 Å². The third kappa shape index (κ3) is 2.64. The summed E-state index contributed by atoms with van der Waals surface area (Å²) in [5.41, 5.74) is 0.464. The second kappa shape index (κ2) is 4.71. The van der Waals surface area contributed by atoms with Gasteiger partial charge in [-0.3, -0.25) is 4.79 Å². The first kappa shape index (κ1) is 13.6. The number of sulfonamides is 1. The second-order valence-electron chi connectivity index (χ2n) is 4.28. The van der Waals surface area contributed by atoms with Crippen LogP contribution in [0.1, 0.15) is 6.42 Å². The number of nitrogens with zero attached hydrogens (tertiary/aromatic N) is 1. The number of aromatic hydroxyl groups is 1. The Labute approximate surface area is 110 Å². The molecule has 1 amide bonds. The van der Waals surface area contributed by atoms with E-state index in [0.29, 0.717) is 5.69 Å². The zero-order valence-corrected chi connectivity index (χ0v) is 11.1. The van der Waals surface area contributed by atoms with Gasteiger partial charge in [0.25, 0.3) is 0 Å². The Balaban J connectivity index is 2.31. The van der Waals surface area contributed by atoms with Gasteiger partial charge in [-0.15, -0.1) is 0 Å². The molecule has 1 saturated heterocycles. The Morgan fingerprint density at radius 3 is 2.68 bits per heavy atom. The number of primary sulfonamides is 1. The molecule has 0 saturated carbocycles. The number of rotatable bonds is 3. The zero-order chi connectivity index (χ0) is 14.2. The molecule has 0 aromatic heterocycles. The molecule has 104 valence electrons. The summed E-state index contributed by atoms with van der Waals surface area (Å²) in [7, 11) is -2.36. The van der Waals surface area contributed by atoms with Crippen molar-refractivity contribution >= 4 is 21.6 Å². The topological polar surface area (TPSA) is 110 Å². The number of benzene rings is 1. The van der Waals surface area contributed by atoms with Gasteiger partial charge in [0.1, 0.15) is 5.25 Å². The van der Waals surface area contributed by atoms with Crippen LogP contribution >= 0.6 is 0 Å². The Kier molecular flexibility index (Phi) is 3.38. The van der Waals surface area contributed by atoms with Crippen LogP contribution in [0.2, 0.25) is 0 Å². The number of phenolic OH excluding ortho intramolecular Hbond substituents is 1. The first-order chi connectivity index (χ1) is 8.82. The van der Waals surface area contributed by atoms with E-state index in [1.807, 2.05) is 0 Å². The number of methoxy groups -OCH3 is 1. The molecule has 19 heavy (non-hydrogen) atoms. The minimum absolute atomic E-state index is 0.00555. The minimum Gasteiger partial charge on any atom is -0.504 e. The monoisotopic (exact) mass is 286 g/mol. The standard InChI is InChI=1S/C11H14N2O5S/c1-18-10-4-7(2-3-9(10)14)13-6-8(5-11(13)15)19(12,16)17/h2-4,8,14H,5-6H2,1H3,(H2,12,16,17). The predicted octanol–water partition coefficient (Wildman–Crippen LogP) is -0.205. The molecule has 1 aliphatic rings. The fraction of sp³-hybridized carbons (Fsp3) is 0.364. The Bertz CT molecular complexity index is 614. The van der Waals surface area contributed by atoms with Crippen LogP contribution in [-0.2, 0) is 14.8 Å². The highest BCUT2D eigenvalue weighted by Gasteiger charge is 2.37. The summed E-state index contributed by atoms with van der Waals surface area (Å²) in [6, 6.07) is 4.37. The summed E-state index contributed by atoms with van der Waals surface area (Å²) in [5.74, 6) is -0.169. The van der Waals surface area contributed by atoms with E-state index in [9.17, 15) is 18.3 Å². The molecule has 3 N–H and O–H groups in total. The van der Waals surface area contributed by atoms with Gasteiger partial charge < -0.3 is 14.7 Å². The lowest BCUT2D eigenvalue weighted by atomic mass is 10.2. The first-order valence-electron chi connectivity index (χ1n) is 5.52. The van der Waals surface area contributed by atoms with Crippen molar-refractivity contribution in [1.82, 2.24) is 0 Å². The van der Waals surface area contributed by atoms with E-state index in [1.54, 1.807) is 0 Å². The van der Waals surface area contributed by atoms with E-state index in [-0.39, 0.29) is 30.4 Å². The fourth-order valence-corrected chi connectivity index (χ4v) is 2.71. The van der Waals surface area contributed by atoms with E-state index in [2.05, 4.69) is 0 Å². The number of amides is 1. The summed E-state index contributed by atoms with van der Waals surface area (Å²) in [6.45, 7) is 0.00555. The van der Waals surface area contributed by atoms with E-state index in [0.717, 1.165) is 0 Å². The normalized spacial score (nSPS) is 19.8. The highest BCUT2D eigenvalue weighted by Crippen LogP contribution is 2.32. The van der Waals surface area contributed by atoms with Gasteiger partial charge in [0.2, 0.25) is 15.9 Å². The van der Waals surface area contributed by atoms with Gasteiger partial charge >= 0.3 is 0 Å². The molecule has 0 spiro atoms. The molecule has 1 aliphatic heterocycles. The lowest BCUT2D eigenvalue weighted by molar-refractivity contribution is -0.117. The number of phenols is 1. The average Bonchev–Trinajstić information content (AvgIpc) is 2.72. The van der Waals surface area contributed by atoms with Crippen molar-refractivity contribution in [3.05, 3.63) is 18.2 Å². The molecule has 0 radical (unpaired) electrons. The number of carbonyl (C=O) groups is 1. The summed E-state index contributed by atoms with van der Waals surface area (Å²) >= 11 is 0. The molecular weight excluding hydrogens is 272 g/mol. The van der Waals surface area contributed by atoms with Crippen LogP contribution in [0.25, 0.3) is 0 Å². The van der Waals surface area contributed by atoms with Crippen molar-refractivity contribution in [2.75, 3.05) is 18.6 Å². The van der Waals surface area contributed by atoms with Crippen molar-refractivity contribution < 1.29 is 23.1 Å². The minimum atomic E-state index is -3.74. The lowest BCUT2D eigenvalue weighted by Crippen LogP contribution is -2.32. The Hall–Kier alpha value is -1.80. The Morgan fingerprint density at radius 1 is 1.47 bits per heavy atom. The van der Waals surface area contributed by atoms with Crippen molar-refractivity contribution in [2.45, 2.75) is 11.7 Å². The van der Waals surface area contributed by atoms with E-state index in [4.69, 9.17) is 9.88 Å². The lowest BCUT2D eigenvalue weighted by Gasteiger charge is -2.17. The second-order valence-corrected chi connectivity index (χ2v) is 6.12. The van der Waals surface area contributed by atoms with Gasteiger partial charge in [-0.2, -0.15) is 0 Å². The molecule has 1 heterocycles. The molecule has 0 aliphatic carbocycles. The molecular formula is C11H14N2O5S. The van der Waals surface area contributed by atoms with Crippen LogP contribution in [0.4, 0.5) is 5.69 Å². The average molecular weight is 286 g/mol. The molecule has 1 aromatic rings. The molecule has 1 aromatic carbocycles. The van der Waals surface area contributed by atoms with E-state index in [1.165, 1.54) is 30.2 Å². The fourth-order valence-electron chi connectivity index (χ4n) is 1.98. The maximum atomic E-state index is 11.8. The van der Waals surface area contributed by atoms with Crippen LogP contribution < -0.4 is 14.8 Å². The van der Waals surface area contributed by atoms with Gasteiger partial charge in [-0.05, 0) is 12.1 Å². The molecule has 1 atom stereocenters. The van der Waals surface area contributed by atoms with Crippen molar-refractivity contribution in [2.24, 2.45) is 5.14 Å². The molecule has 0 bridgehead atoms. The maximum absolute atomic E-state index is 11.8. The summed E-state index contributed by atoms with van der Waals surface area (Å²) in [6.07, 6.45) is -0.137. The summed E-state index contributed by atoms with van der Waals surface area (Å²) in [5, 5.41) is 13.6. The van der Waals surface area contributed by atoms with Crippen molar-refractivity contribution in [3.8, 4) is 11.5 Å². The Morgan fingerprint density at radius 2 is 2.16 bits per heavy atom. The van der Waals surface area contributed by atoms with Crippen LogP contribution in [0.15, 0.2) is 18.2 Å². The number of hydrogen-bond acceptors (Lipinski definition) is 5. The van der Waals surface area contributed by atoms with Crippen LogP contribution in [-0.4, -0.2) is 38.3 Å². The predicted molar refractivity (Wildman–Crippen MR) is 68.5 cm³/mol. The van der Waals surface area contributed by atoms with Gasteiger partial charge in [-0.25, -0.2) is 13.6 Å². The quantitative estimate of drug-likeness (QED) is 0.799. The summed E-state index contributed by atoms with van der Waals surface area (Å²) < 4.78 is 27.5. The van der Waals surface area contributed by atoms with Crippen molar-refractivity contribution in [3.63, 3.8) is 0 Å². The van der Waals surface area contributed by atoms with Crippen LogP contribution in [0.5, 0.6) is 11.5 Å². The highest BCUT2D eigenvalue weighted by atomic mass is 32.2. The van der Waals surface area contributed by atoms with Crippen molar-refractivity contribution in [1.29, 1.82) is 0 Å². The summed E-state index contributed by atoms with van der Waals surface area (Å²) in [4.78, 5) is 13.1. The molecule has 1 fully saturated rings. The number of ether oxygens (including phenoxy) is 1. The largest absolute Gasteiger partial charge is 0.504 e. The zero-order valence-electron chi connectivity index (χ0n) is 10.2. The first-order valence-corrected chi connectivity index (χ1v) is 7.13.